The Kier molecular flexibility index (Phi) is 7.72. The topological polar surface area (TPSA) is 74.7 Å². The van der Waals surface area contributed by atoms with E-state index in [9.17, 15) is 13.2 Å². The van der Waals surface area contributed by atoms with Crippen LogP contribution in [0.4, 0.5) is 0 Å². The fraction of sp³-hybridized carbons (Fsp3) is 0.345. The first-order valence-electron chi connectivity index (χ1n) is 12.2. The molecule has 3 aromatic rings. The number of unbranched alkanes of at least 4 members (excludes halogenated alkanes) is 3. The van der Waals surface area contributed by atoms with Gasteiger partial charge in [0.1, 0.15) is 0 Å². The Morgan fingerprint density at radius 1 is 0.943 bits per heavy atom. The number of carboxylic acids is 1. The maximum atomic E-state index is 13.2. The van der Waals surface area contributed by atoms with Crippen molar-refractivity contribution in [2.75, 3.05) is 12.8 Å². The zero-order chi connectivity index (χ0) is 25.0. The average molecular weight is 492 g/mol. The van der Waals surface area contributed by atoms with Crippen LogP contribution in [0.25, 0.3) is 11.1 Å². The summed E-state index contributed by atoms with van der Waals surface area (Å²) in [7, 11) is -3.52. The lowest BCUT2D eigenvalue weighted by atomic mass is 9.89. The SMILES string of the molecule is Cc1ccc(C(c2ccccc2)N(CCCCCCC(=O)O)S(C)(=O)=O)c2c1-c1ccccc1C2. The highest BCUT2D eigenvalue weighted by Crippen LogP contribution is 2.44. The quantitative estimate of drug-likeness (QED) is 0.263. The molecule has 4 rings (SSSR count). The molecule has 1 atom stereocenters. The Balaban J connectivity index is 1.72. The summed E-state index contributed by atoms with van der Waals surface area (Å²) in [4.78, 5) is 10.8. The molecule has 0 heterocycles. The van der Waals surface area contributed by atoms with E-state index in [0.29, 0.717) is 19.4 Å². The molecule has 0 radical (unpaired) electrons. The van der Waals surface area contributed by atoms with Gasteiger partial charge in [0.05, 0.1) is 12.3 Å². The van der Waals surface area contributed by atoms with Crippen LogP contribution in [0.15, 0.2) is 66.7 Å². The minimum Gasteiger partial charge on any atom is -0.481 e. The van der Waals surface area contributed by atoms with E-state index in [2.05, 4.69) is 43.3 Å². The first-order valence-corrected chi connectivity index (χ1v) is 14.1. The highest BCUT2D eigenvalue weighted by Gasteiger charge is 2.33. The maximum absolute atomic E-state index is 13.2. The molecule has 184 valence electrons. The van der Waals surface area contributed by atoms with E-state index >= 15 is 0 Å². The molecular formula is C29H33NO4S. The number of hydrogen-bond acceptors (Lipinski definition) is 3. The number of hydrogen-bond donors (Lipinski definition) is 1. The van der Waals surface area contributed by atoms with Crippen LogP contribution < -0.4 is 0 Å². The lowest BCUT2D eigenvalue weighted by molar-refractivity contribution is -0.137. The minimum atomic E-state index is -3.52. The molecule has 0 aliphatic heterocycles. The molecule has 1 aliphatic rings. The van der Waals surface area contributed by atoms with Crippen molar-refractivity contribution in [3.8, 4) is 11.1 Å². The van der Waals surface area contributed by atoms with Gasteiger partial charge >= 0.3 is 5.97 Å². The summed E-state index contributed by atoms with van der Waals surface area (Å²) in [5, 5.41) is 8.86. The van der Waals surface area contributed by atoms with Crippen molar-refractivity contribution in [1.82, 2.24) is 4.31 Å². The number of sulfonamides is 1. The molecule has 0 bridgehead atoms. The van der Waals surface area contributed by atoms with Gasteiger partial charge in [0.15, 0.2) is 0 Å². The summed E-state index contributed by atoms with van der Waals surface area (Å²) in [5.41, 5.74) is 8.11. The monoisotopic (exact) mass is 491 g/mol. The minimum absolute atomic E-state index is 0.151. The van der Waals surface area contributed by atoms with E-state index < -0.39 is 22.0 Å². The normalized spacial score (nSPS) is 13.5. The number of carbonyl (C=O) groups is 1. The highest BCUT2D eigenvalue weighted by molar-refractivity contribution is 7.88. The molecule has 1 aliphatic carbocycles. The molecule has 3 aromatic carbocycles. The van der Waals surface area contributed by atoms with E-state index in [1.807, 2.05) is 30.3 Å². The third-order valence-electron chi connectivity index (χ3n) is 6.85. The van der Waals surface area contributed by atoms with Gasteiger partial charge < -0.3 is 5.11 Å². The fourth-order valence-corrected chi connectivity index (χ4v) is 6.31. The molecule has 6 heteroatoms. The molecule has 1 N–H and O–H groups in total. The first-order chi connectivity index (χ1) is 16.8. The van der Waals surface area contributed by atoms with Crippen molar-refractivity contribution in [2.45, 2.75) is 51.5 Å². The Bertz CT molecular complexity index is 1300. The van der Waals surface area contributed by atoms with Gasteiger partial charge in [-0.1, -0.05) is 79.6 Å². The zero-order valence-electron chi connectivity index (χ0n) is 20.4. The molecule has 0 fully saturated rings. The maximum Gasteiger partial charge on any atom is 0.303 e. The van der Waals surface area contributed by atoms with Crippen LogP contribution in [0.2, 0.25) is 0 Å². The van der Waals surface area contributed by atoms with Crippen LogP contribution in [-0.4, -0.2) is 36.6 Å². The van der Waals surface area contributed by atoms with Gasteiger partial charge in [0.25, 0.3) is 0 Å². The van der Waals surface area contributed by atoms with Crippen molar-refractivity contribution in [2.24, 2.45) is 0 Å². The molecular weight excluding hydrogens is 458 g/mol. The molecule has 0 spiro atoms. The summed E-state index contributed by atoms with van der Waals surface area (Å²) in [6.45, 7) is 2.51. The summed E-state index contributed by atoms with van der Waals surface area (Å²) in [5.74, 6) is -0.791. The van der Waals surface area contributed by atoms with Gasteiger partial charge in [0.2, 0.25) is 10.0 Å². The lowest BCUT2D eigenvalue weighted by Gasteiger charge is -2.32. The van der Waals surface area contributed by atoms with Gasteiger partial charge in [-0.05, 0) is 65.1 Å². The fourth-order valence-electron chi connectivity index (χ4n) is 5.23. The number of benzene rings is 3. The standard InChI is InChI=1S/C29H33NO4S/c1-21-17-18-25(26-20-23-14-9-10-15-24(23)28(21)26)29(22-12-6-5-7-13-22)30(35(2,33)34)19-11-4-3-8-16-27(31)32/h5-7,9-10,12-15,17-18,29H,3-4,8,11,16,19-20H2,1-2H3,(H,31,32). The Morgan fingerprint density at radius 3 is 2.34 bits per heavy atom. The molecule has 0 saturated carbocycles. The molecule has 0 aromatic heterocycles. The number of fused-ring (bicyclic) bond motifs is 3. The lowest BCUT2D eigenvalue weighted by Crippen LogP contribution is -2.36. The summed E-state index contributed by atoms with van der Waals surface area (Å²) < 4.78 is 28.0. The molecule has 0 saturated heterocycles. The van der Waals surface area contributed by atoms with Crippen LogP contribution in [0, 0.1) is 6.92 Å². The second kappa shape index (κ2) is 10.8. The van der Waals surface area contributed by atoms with Gasteiger partial charge in [-0.3, -0.25) is 4.79 Å². The first kappa shape index (κ1) is 25.1. The van der Waals surface area contributed by atoms with Crippen LogP contribution >= 0.6 is 0 Å². The third kappa shape index (κ3) is 5.65. The van der Waals surface area contributed by atoms with E-state index in [1.165, 1.54) is 34.1 Å². The zero-order valence-corrected chi connectivity index (χ0v) is 21.2. The van der Waals surface area contributed by atoms with Crippen molar-refractivity contribution in [3.05, 3.63) is 94.5 Å². The van der Waals surface area contributed by atoms with Gasteiger partial charge in [-0.25, -0.2) is 8.42 Å². The van der Waals surface area contributed by atoms with E-state index in [0.717, 1.165) is 30.4 Å². The van der Waals surface area contributed by atoms with Gasteiger partial charge in [-0.15, -0.1) is 0 Å². The number of carboxylic acid groups (broad SMARTS) is 1. The Hall–Kier alpha value is -2.96. The smallest absolute Gasteiger partial charge is 0.303 e. The predicted molar refractivity (Wildman–Crippen MR) is 140 cm³/mol. The van der Waals surface area contributed by atoms with Gasteiger partial charge in [0, 0.05) is 13.0 Å². The van der Waals surface area contributed by atoms with Crippen molar-refractivity contribution >= 4 is 16.0 Å². The second-order valence-electron chi connectivity index (χ2n) is 9.40. The Morgan fingerprint density at radius 2 is 1.63 bits per heavy atom. The molecule has 1 unspecified atom stereocenters. The Labute approximate surface area is 208 Å². The van der Waals surface area contributed by atoms with Crippen LogP contribution in [0.5, 0.6) is 0 Å². The number of aliphatic carboxylic acids is 1. The molecule has 0 amide bonds. The molecule has 5 nitrogen and oxygen atoms in total. The van der Waals surface area contributed by atoms with E-state index in [1.54, 1.807) is 4.31 Å². The van der Waals surface area contributed by atoms with Crippen molar-refractivity contribution < 1.29 is 18.3 Å². The third-order valence-corrected chi connectivity index (χ3v) is 8.10. The van der Waals surface area contributed by atoms with Gasteiger partial charge in [-0.2, -0.15) is 4.31 Å². The van der Waals surface area contributed by atoms with Crippen molar-refractivity contribution in [3.63, 3.8) is 0 Å². The van der Waals surface area contributed by atoms with E-state index in [4.69, 9.17) is 5.11 Å². The summed E-state index contributed by atoms with van der Waals surface area (Å²) >= 11 is 0. The highest BCUT2D eigenvalue weighted by atomic mass is 32.2. The van der Waals surface area contributed by atoms with E-state index in [-0.39, 0.29) is 6.42 Å². The summed E-state index contributed by atoms with van der Waals surface area (Å²) in [6.07, 6.45) is 5.09. The predicted octanol–water partition coefficient (Wildman–Crippen LogP) is 5.95. The number of rotatable bonds is 11. The average Bonchev–Trinajstić information content (AvgIpc) is 3.22. The number of aryl methyl sites for hydroxylation is 1. The number of nitrogens with zero attached hydrogens (tertiary/aromatic N) is 1. The largest absolute Gasteiger partial charge is 0.481 e. The van der Waals surface area contributed by atoms with Crippen LogP contribution in [0.3, 0.4) is 0 Å². The van der Waals surface area contributed by atoms with Crippen LogP contribution in [-0.2, 0) is 21.2 Å². The van der Waals surface area contributed by atoms with Crippen molar-refractivity contribution in [1.29, 1.82) is 0 Å². The summed E-state index contributed by atoms with van der Waals surface area (Å²) in [6, 6.07) is 22.1. The second-order valence-corrected chi connectivity index (χ2v) is 11.3. The molecule has 35 heavy (non-hydrogen) atoms. The van der Waals surface area contributed by atoms with Crippen LogP contribution in [0.1, 0.15) is 66.0 Å².